The van der Waals surface area contributed by atoms with E-state index in [0.29, 0.717) is 0 Å². The Morgan fingerprint density at radius 1 is 1.04 bits per heavy atom. The Morgan fingerprint density at radius 3 is 2.26 bits per heavy atom. The van der Waals surface area contributed by atoms with Crippen LogP contribution >= 0.6 is 0 Å². The van der Waals surface area contributed by atoms with Gasteiger partial charge in [0.15, 0.2) is 0 Å². The molecule has 120 valence electrons. The number of nitrogens with one attached hydrogen (secondary N) is 1. The minimum atomic E-state index is -0.421. The monoisotopic (exact) mass is 311 g/mol. The third kappa shape index (κ3) is 3.14. The molecular weight excluding hydrogens is 289 g/mol. The molecular formula is C20H22FNO. The summed E-state index contributed by atoms with van der Waals surface area (Å²) in [6.07, 6.45) is 3.93. The molecule has 1 fully saturated rings. The molecule has 2 aromatic rings. The predicted molar refractivity (Wildman–Crippen MR) is 89.5 cm³/mol. The summed E-state index contributed by atoms with van der Waals surface area (Å²) in [7, 11) is 0. The zero-order valence-corrected chi connectivity index (χ0v) is 13.4. The number of hydrogen-bond donors (Lipinski definition) is 1. The largest absolute Gasteiger partial charge is 0.349 e. The van der Waals surface area contributed by atoms with Crippen molar-refractivity contribution in [2.45, 2.75) is 44.1 Å². The molecule has 1 N–H and O–H groups in total. The van der Waals surface area contributed by atoms with E-state index in [9.17, 15) is 9.18 Å². The van der Waals surface area contributed by atoms with Crippen LogP contribution < -0.4 is 5.32 Å². The standard InChI is InChI=1S/C20H22FNO/c1-15(16-9-11-18(21)12-10-16)22-19(23)20(13-5-6-14-20)17-7-3-2-4-8-17/h2-4,7-12,15H,5-6,13-14H2,1H3,(H,22,23)/t15-/m1/s1. The fourth-order valence-electron chi connectivity index (χ4n) is 3.55. The first-order valence-corrected chi connectivity index (χ1v) is 8.24. The highest BCUT2D eigenvalue weighted by atomic mass is 19.1. The van der Waals surface area contributed by atoms with Crippen LogP contribution in [0.4, 0.5) is 4.39 Å². The molecule has 3 rings (SSSR count). The van der Waals surface area contributed by atoms with Crippen molar-refractivity contribution in [3.05, 3.63) is 71.5 Å². The van der Waals surface area contributed by atoms with Gasteiger partial charge in [0, 0.05) is 0 Å². The third-order valence-electron chi connectivity index (χ3n) is 4.94. The van der Waals surface area contributed by atoms with Crippen LogP contribution in [0.2, 0.25) is 0 Å². The highest BCUT2D eigenvalue weighted by Gasteiger charge is 2.42. The first-order chi connectivity index (χ1) is 11.1. The van der Waals surface area contributed by atoms with E-state index in [1.165, 1.54) is 12.1 Å². The molecule has 2 aromatic carbocycles. The van der Waals surface area contributed by atoms with Crippen molar-refractivity contribution < 1.29 is 9.18 Å². The number of carbonyl (C=O) groups is 1. The Bertz CT molecular complexity index is 660. The number of amides is 1. The number of benzene rings is 2. The molecule has 0 heterocycles. The Morgan fingerprint density at radius 2 is 1.65 bits per heavy atom. The van der Waals surface area contributed by atoms with Crippen LogP contribution in [0.5, 0.6) is 0 Å². The van der Waals surface area contributed by atoms with E-state index in [0.717, 1.165) is 36.8 Å². The number of halogens is 1. The fourth-order valence-corrected chi connectivity index (χ4v) is 3.55. The first-order valence-electron chi connectivity index (χ1n) is 8.24. The zero-order valence-electron chi connectivity index (χ0n) is 13.4. The second-order valence-corrected chi connectivity index (χ2v) is 6.40. The van der Waals surface area contributed by atoms with Gasteiger partial charge in [0.1, 0.15) is 5.82 Å². The van der Waals surface area contributed by atoms with Crippen LogP contribution in [0.25, 0.3) is 0 Å². The summed E-state index contributed by atoms with van der Waals surface area (Å²) in [5, 5.41) is 3.14. The zero-order chi connectivity index (χ0) is 16.3. The van der Waals surface area contributed by atoms with Crippen LogP contribution in [0.1, 0.15) is 49.8 Å². The normalized spacial score (nSPS) is 17.7. The van der Waals surface area contributed by atoms with E-state index in [2.05, 4.69) is 5.32 Å². The number of rotatable bonds is 4. The molecule has 0 bridgehead atoms. The Labute approximate surface area is 136 Å². The van der Waals surface area contributed by atoms with Crippen molar-refractivity contribution in [1.29, 1.82) is 0 Å². The van der Waals surface area contributed by atoms with Gasteiger partial charge in [-0.3, -0.25) is 4.79 Å². The second kappa shape index (κ2) is 6.53. The highest BCUT2D eigenvalue weighted by molar-refractivity contribution is 5.88. The lowest BCUT2D eigenvalue weighted by atomic mass is 9.77. The second-order valence-electron chi connectivity index (χ2n) is 6.40. The van der Waals surface area contributed by atoms with Crippen LogP contribution in [-0.4, -0.2) is 5.91 Å². The summed E-state index contributed by atoms with van der Waals surface area (Å²) in [5.74, 6) is -0.179. The molecule has 1 atom stereocenters. The van der Waals surface area contributed by atoms with E-state index >= 15 is 0 Å². The van der Waals surface area contributed by atoms with Gasteiger partial charge in [-0.05, 0) is 43.0 Å². The fraction of sp³-hybridized carbons (Fsp3) is 0.350. The average Bonchev–Trinajstić information content (AvgIpc) is 3.07. The van der Waals surface area contributed by atoms with E-state index in [-0.39, 0.29) is 17.8 Å². The van der Waals surface area contributed by atoms with Crippen molar-refractivity contribution in [1.82, 2.24) is 5.32 Å². The quantitative estimate of drug-likeness (QED) is 0.884. The maximum Gasteiger partial charge on any atom is 0.231 e. The van der Waals surface area contributed by atoms with Gasteiger partial charge < -0.3 is 5.32 Å². The van der Waals surface area contributed by atoms with Gasteiger partial charge in [-0.15, -0.1) is 0 Å². The van der Waals surface area contributed by atoms with E-state index in [1.54, 1.807) is 12.1 Å². The maximum atomic E-state index is 13.1. The average molecular weight is 311 g/mol. The molecule has 0 aromatic heterocycles. The summed E-state index contributed by atoms with van der Waals surface area (Å²) in [6.45, 7) is 1.94. The van der Waals surface area contributed by atoms with Crippen LogP contribution in [0.3, 0.4) is 0 Å². The molecule has 1 saturated carbocycles. The van der Waals surface area contributed by atoms with Crippen molar-refractivity contribution in [2.75, 3.05) is 0 Å². The minimum Gasteiger partial charge on any atom is -0.349 e. The summed E-state index contributed by atoms with van der Waals surface area (Å²) in [6, 6.07) is 16.2. The highest BCUT2D eigenvalue weighted by Crippen LogP contribution is 2.41. The summed E-state index contributed by atoms with van der Waals surface area (Å²) >= 11 is 0. The smallest absolute Gasteiger partial charge is 0.231 e. The topological polar surface area (TPSA) is 29.1 Å². The van der Waals surface area contributed by atoms with Crippen molar-refractivity contribution in [3.8, 4) is 0 Å². The summed E-state index contributed by atoms with van der Waals surface area (Å²) in [4.78, 5) is 13.0. The number of hydrogen-bond acceptors (Lipinski definition) is 1. The van der Waals surface area contributed by atoms with Crippen LogP contribution in [0, 0.1) is 5.82 Å². The van der Waals surface area contributed by atoms with Gasteiger partial charge in [-0.2, -0.15) is 0 Å². The van der Waals surface area contributed by atoms with Gasteiger partial charge in [-0.1, -0.05) is 55.3 Å². The van der Waals surface area contributed by atoms with Crippen molar-refractivity contribution >= 4 is 5.91 Å². The van der Waals surface area contributed by atoms with E-state index in [4.69, 9.17) is 0 Å². The van der Waals surface area contributed by atoms with Gasteiger partial charge in [0.05, 0.1) is 11.5 Å². The molecule has 3 heteroatoms. The SMILES string of the molecule is C[C@@H](NC(=O)C1(c2ccccc2)CCCC1)c1ccc(F)cc1. The predicted octanol–water partition coefficient (Wildman–Crippen LogP) is 4.51. The summed E-state index contributed by atoms with van der Waals surface area (Å²) in [5.41, 5.74) is 1.59. The molecule has 0 saturated heterocycles. The van der Waals surface area contributed by atoms with E-state index < -0.39 is 5.41 Å². The van der Waals surface area contributed by atoms with Crippen molar-refractivity contribution in [3.63, 3.8) is 0 Å². The summed E-state index contributed by atoms with van der Waals surface area (Å²) < 4.78 is 13.1. The van der Waals surface area contributed by atoms with Gasteiger partial charge in [-0.25, -0.2) is 4.39 Å². The Hall–Kier alpha value is -2.16. The van der Waals surface area contributed by atoms with Gasteiger partial charge in [0.2, 0.25) is 5.91 Å². The molecule has 0 spiro atoms. The lowest BCUT2D eigenvalue weighted by Gasteiger charge is -2.30. The van der Waals surface area contributed by atoms with E-state index in [1.807, 2.05) is 37.3 Å². The van der Waals surface area contributed by atoms with Gasteiger partial charge in [0.25, 0.3) is 0 Å². The molecule has 1 aliphatic carbocycles. The molecule has 0 radical (unpaired) electrons. The third-order valence-corrected chi connectivity index (χ3v) is 4.94. The van der Waals surface area contributed by atoms with Crippen LogP contribution in [-0.2, 0) is 10.2 Å². The minimum absolute atomic E-state index is 0.0815. The maximum absolute atomic E-state index is 13.1. The van der Waals surface area contributed by atoms with Gasteiger partial charge >= 0.3 is 0 Å². The molecule has 2 nitrogen and oxygen atoms in total. The molecule has 23 heavy (non-hydrogen) atoms. The van der Waals surface area contributed by atoms with Crippen molar-refractivity contribution in [2.24, 2.45) is 0 Å². The molecule has 1 amide bonds. The molecule has 0 unspecified atom stereocenters. The number of carbonyl (C=O) groups excluding carboxylic acids is 1. The Balaban J connectivity index is 1.81. The molecule has 0 aliphatic heterocycles. The molecule has 1 aliphatic rings. The van der Waals surface area contributed by atoms with Crippen LogP contribution in [0.15, 0.2) is 54.6 Å². The first kappa shape index (κ1) is 15.7. The lowest BCUT2D eigenvalue weighted by molar-refractivity contribution is -0.127. The Kier molecular flexibility index (Phi) is 4.46. The lowest BCUT2D eigenvalue weighted by Crippen LogP contribution is -2.43.